The maximum Gasteiger partial charge on any atom is 0.183 e. The van der Waals surface area contributed by atoms with E-state index in [9.17, 15) is 0 Å². The summed E-state index contributed by atoms with van der Waals surface area (Å²) < 4.78 is 0. The maximum atomic E-state index is 5.94. The standard InChI is InChI=1S/C10H10ClN3/c11-10(12)7-9(3-6-14-10)8-1-4-13-5-2-8/h1-7,14H,12H2. The Morgan fingerprint density at radius 1 is 1.36 bits per heavy atom. The Hall–Kier alpha value is -1.32. The minimum atomic E-state index is -0.993. The molecule has 2 heterocycles. The summed E-state index contributed by atoms with van der Waals surface area (Å²) in [5, 5.41) is 1.84. The minimum absolute atomic E-state index is 0.989. The third-order valence-electron chi connectivity index (χ3n) is 1.95. The summed E-state index contributed by atoms with van der Waals surface area (Å²) in [5.41, 5.74) is 7.76. The Morgan fingerprint density at radius 2 is 2.07 bits per heavy atom. The van der Waals surface area contributed by atoms with Crippen molar-refractivity contribution in [3.05, 3.63) is 48.4 Å². The molecule has 1 aliphatic rings. The van der Waals surface area contributed by atoms with Crippen LogP contribution in [0.5, 0.6) is 0 Å². The van der Waals surface area contributed by atoms with Gasteiger partial charge in [-0.1, -0.05) is 11.6 Å². The normalized spacial score (nSPS) is 25.4. The molecule has 0 fully saturated rings. The molecule has 1 aromatic rings. The maximum absolute atomic E-state index is 5.94. The van der Waals surface area contributed by atoms with Crippen LogP contribution in [0.2, 0.25) is 0 Å². The zero-order valence-corrected chi connectivity index (χ0v) is 8.20. The fraction of sp³-hybridized carbons (Fsp3) is 0.100. The van der Waals surface area contributed by atoms with Crippen LogP contribution in [0.25, 0.3) is 5.57 Å². The van der Waals surface area contributed by atoms with E-state index in [4.69, 9.17) is 17.3 Å². The van der Waals surface area contributed by atoms with Crippen molar-refractivity contribution in [2.45, 2.75) is 5.12 Å². The molecule has 0 radical (unpaired) electrons. The number of hydrogen-bond acceptors (Lipinski definition) is 3. The van der Waals surface area contributed by atoms with Gasteiger partial charge in [0.1, 0.15) is 0 Å². The lowest BCUT2D eigenvalue weighted by Gasteiger charge is -2.23. The summed E-state index contributed by atoms with van der Waals surface area (Å²) in [7, 11) is 0. The van der Waals surface area contributed by atoms with Crippen LogP contribution >= 0.6 is 11.6 Å². The van der Waals surface area contributed by atoms with Crippen molar-refractivity contribution in [3.63, 3.8) is 0 Å². The molecule has 4 heteroatoms. The highest BCUT2D eigenvalue weighted by molar-refractivity contribution is 6.25. The second kappa shape index (κ2) is 3.44. The molecule has 1 aliphatic heterocycles. The van der Waals surface area contributed by atoms with E-state index in [2.05, 4.69) is 10.3 Å². The Kier molecular flexibility index (Phi) is 2.27. The van der Waals surface area contributed by atoms with Gasteiger partial charge in [0, 0.05) is 12.4 Å². The Bertz CT molecular complexity index is 382. The van der Waals surface area contributed by atoms with Crippen LogP contribution in [0.1, 0.15) is 5.56 Å². The number of rotatable bonds is 1. The lowest BCUT2D eigenvalue weighted by Crippen LogP contribution is -2.44. The minimum Gasteiger partial charge on any atom is -0.358 e. The zero-order chi connectivity index (χ0) is 10.0. The number of nitrogens with two attached hydrogens (primary N) is 1. The van der Waals surface area contributed by atoms with E-state index >= 15 is 0 Å². The van der Waals surface area contributed by atoms with Crippen molar-refractivity contribution in [2.75, 3.05) is 0 Å². The Labute approximate surface area is 87.3 Å². The largest absolute Gasteiger partial charge is 0.358 e. The van der Waals surface area contributed by atoms with Crippen LogP contribution in [-0.4, -0.2) is 10.1 Å². The molecular weight excluding hydrogens is 198 g/mol. The summed E-state index contributed by atoms with van der Waals surface area (Å²) in [6.45, 7) is 0. The van der Waals surface area contributed by atoms with Gasteiger partial charge < -0.3 is 5.32 Å². The summed E-state index contributed by atoms with van der Waals surface area (Å²) in [5.74, 6) is 0. The van der Waals surface area contributed by atoms with Crippen molar-refractivity contribution >= 4 is 17.2 Å². The van der Waals surface area contributed by atoms with E-state index in [0.717, 1.165) is 11.1 Å². The molecule has 1 aromatic heterocycles. The van der Waals surface area contributed by atoms with Crippen molar-refractivity contribution in [1.82, 2.24) is 10.3 Å². The van der Waals surface area contributed by atoms with Gasteiger partial charge in [0.15, 0.2) is 5.12 Å². The molecule has 72 valence electrons. The molecule has 0 spiro atoms. The predicted molar refractivity (Wildman–Crippen MR) is 57.3 cm³/mol. The third kappa shape index (κ3) is 1.95. The highest BCUT2D eigenvalue weighted by Gasteiger charge is 2.19. The molecule has 0 aliphatic carbocycles. The van der Waals surface area contributed by atoms with Gasteiger partial charge in [-0.3, -0.25) is 10.7 Å². The molecule has 1 atom stereocenters. The van der Waals surface area contributed by atoms with Gasteiger partial charge >= 0.3 is 0 Å². The quantitative estimate of drug-likeness (QED) is 0.541. The summed E-state index contributed by atoms with van der Waals surface area (Å²) in [6.07, 6.45) is 8.90. The molecule has 0 aromatic carbocycles. The van der Waals surface area contributed by atoms with Gasteiger partial charge in [0.25, 0.3) is 0 Å². The number of dihydropyridines is 1. The van der Waals surface area contributed by atoms with Crippen LogP contribution in [0.3, 0.4) is 0 Å². The van der Waals surface area contributed by atoms with Gasteiger partial charge in [0.05, 0.1) is 0 Å². The predicted octanol–water partition coefficient (Wildman–Crippen LogP) is 1.43. The summed E-state index contributed by atoms with van der Waals surface area (Å²) in [6, 6.07) is 3.82. The zero-order valence-electron chi connectivity index (χ0n) is 7.44. The van der Waals surface area contributed by atoms with Crippen LogP contribution in [0.4, 0.5) is 0 Å². The smallest absolute Gasteiger partial charge is 0.183 e. The Balaban J connectivity index is 2.36. The molecule has 0 saturated carbocycles. The van der Waals surface area contributed by atoms with Crippen molar-refractivity contribution in [3.8, 4) is 0 Å². The number of pyridine rings is 1. The van der Waals surface area contributed by atoms with E-state index in [1.807, 2.05) is 18.2 Å². The van der Waals surface area contributed by atoms with Gasteiger partial charge in [-0.25, -0.2) is 0 Å². The van der Waals surface area contributed by atoms with Gasteiger partial charge in [0.2, 0.25) is 0 Å². The molecule has 0 saturated heterocycles. The first-order chi connectivity index (χ1) is 6.67. The first-order valence-corrected chi connectivity index (χ1v) is 4.60. The fourth-order valence-corrected chi connectivity index (χ4v) is 1.48. The molecule has 1 unspecified atom stereocenters. The molecular formula is C10H10ClN3. The van der Waals surface area contributed by atoms with Crippen molar-refractivity contribution in [2.24, 2.45) is 5.73 Å². The highest BCUT2D eigenvalue weighted by Crippen LogP contribution is 2.22. The number of allylic oxidation sites excluding steroid dienone is 2. The number of halogens is 1. The SMILES string of the molecule is NC1(Cl)C=C(c2ccncc2)C=CN1. The molecule has 2 rings (SSSR count). The number of alkyl halides is 1. The second-order valence-corrected chi connectivity index (χ2v) is 3.71. The molecule has 3 nitrogen and oxygen atoms in total. The first-order valence-electron chi connectivity index (χ1n) is 4.23. The van der Waals surface area contributed by atoms with Crippen molar-refractivity contribution in [1.29, 1.82) is 0 Å². The summed E-state index contributed by atoms with van der Waals surface area (Å²) in [4.78, 5) is 3.95. The average Bonchev–Trinajstić information content (AvgIpc) is 2.18. The lowest BCUT2D eigenvalue weighted by molar-refractivity contribution is 0.655. The number of hydrogen-bond donors (Lipinski definition) is 2. The van der Waals surface area contributed by atoms with E-state index in [1.165, 1.54) is 0 Å². The van der Waals surface area contributed by atoms with Crippen LogP contribution in [0.15, 0.2) is 42.9 Å². The molecule has 0 amide bonds. The van der Waals surface area contributed by atoms with E-state index < -0.39 is 5.12 Å². The molecule has 14 heavy (non-hydrogen) atoms. The van der Waals surface area contributed by atoms with Gasteiger partial charge in [-0.05, 0) is 41.6 Å². The van der Waals surface area contributed by atoms with E-state index in [1.54, 1.807) is 24.7 Å². The topological polar surface area (TPSA) is 50.9 Å². The monoisotopic (exact) mass is 207 g/mol. The lowest BCUT2D eigenvalue weighted by atomic mass is 10.0. The number of nitrogens with zero attached hydrogens (tertiary/aromatic N) is 1. The average molecular weight is 208 g/mol. The van der Waals surface area contributed by atoms with Crippen LogP contribution < -0.4 is 11.1 Å². The number of aromatic nitrogens is 1. The molecule has 0 bridgehead atoms. The highest BCUT2D eigenvalue weighted by atomic mass is 35.5. The van der Waals surface area contributed by atoms with Crippen LogP contribution in [0, 0.1) is 0 Å². The first kappa shape index (κ1) is 9.24. The third-order valence-corrected chi connectivity index (χ3v) is 2.16. The number of nitrogens with one attached hydrogen (secondary N) is 1. The fourth-order valence-electron chi connectivity index (χ4n) is 1.30. The van der Waals surface area contributed by atoms with E-state index in [-0.39, 0.29) is 0 Å². The van der Waals surface area contributed by atoms with Crippen LogP contribution in [-0.2, 0) is 0 Å². The van der Waals surface area contributed by atoms with Crippen molar-refractivity contribution < 1.29 is 0 Å². The second-order valence-electron chi connectivity index (χ2n) is 3.08. The van der Waals surface area contributed by atoms with E-state index in [0.29, 0.717) is 0 Å². The van der Waals surface area contributed by atoms with Gasteiger partial charge in [-0.2, -0.15) is 0 Å². The Morgan fingerprint density at radius 3 is 2.71 bits per heavy atom. The summed E-state index contributed by atoms with van der Waals surface area (Å²) >= 11 is 5.94. The van der Waals surface area contributed by atoms with Gasteiger partial charge in [-0.15, -0.1) is 0 Å². The molecule has 3 N–H and O–H groups in total.